The van der Waals surface area contributed by atoms with Crippen molar-refractivity contribution in [1.82, 2.24) is 14.9 Å². The molecule has 1 aromatic heterocycles. The molecule has 0 unspecified atom stereocenters. The van der Waals surface area contributed by atoms with Crippen molar-refractivity contribution in [3.05, 3.63) is 47.5 Å². The first-order chi connectivity index (χ1) is 10.2. The van der Waals surface area contributed by atoms with E-state index in [0.717, 1.165) is 37.3 Å². The SMILES string of the molecule is CC(=O)Nc1cccc(CNCc2cnc3n2CCC3)c1. The van der Waals surface area contributed by atoms with Crippen LogP contribution in [-0.4, -0.2) is 15.5 Å². The Bertz CT molecular complexity index is 647. The summed E-state index contributed by atoms with van der Waals surface area (Å²) in [5.41, 5.74) is 3.25. The van der Waals surface area contributed by atoms with Gasteiger partial charge < -0.3 is 15.2 Å². The molecule has 0 atom stereocenters. The molecule has 5 heteroatoms. The molecule has 2 aromatic rings. The average molecular weight is 284 g/mol. The monoisotopic (exact) mass is 284 g/mol. The molecule has 0 saturated carbocycles. The normalized spacial score (nSPS) is 13.2. The van der Waals surface area contributed by atoms with Gasteiger partial charge in [0.15, 0.2) is 0 Å². The van der Waals surface area contributed by atoms with Gasteiger partial charge >= 0.3 is 0 Å². The number of benzene rings is 1. The number of aryl methyl sites for hydroxylation is 1. The number of hydrogen-bond acceptors (Lipinski definition) is 3. The molecule has 2 heterocycles. The Hall–Kier alpha value is -2.14. The molecule has 5 nitrogen and oxygen atoms in total. The van der Waals surface area contributed by atoms with Crippen molar-refractivity contribution in [1.29, 1.82) is 0 Å². The Morgan fingerprint density at radius 1 is 1.38 bits per heavy atom. The van der Waals surface area contributed by atoms with E-state index in [1.807, 2.05) is 24.4 Å². The minimum absolute atomic E-state index is 0.0464. The van der Waals surface area contributed by atoms with Crippen LogP contribution in [0.25, 0.3) is 0 Å². The maximum absolute atomic E-state index is 11.1. The molecule has 1 aliphatic rings. The van der Waals surface area contributed by atoms with Crippen LogP contribution in [0, 0.1) is 0 Å². The van der Waals surface area contributed by atoms with E-state index in [1.54, 1.807) is 0 Å². The van der Waals surface area contributed by atoms with Crippen molar-refractivity contribution in [2.75, 3.05) is 5.32 Å². The fourth-order valence-corrected chi connectivity index (χ4v) is 2.76. The Balaban J connectivity index is 1.56. The lowest BCUT2D eigenvalue weighted by Crippen LogP contribution is -2.15. The largest absolute Gasteiger partial charge is 0.331 e. The molecule has 0 aliphatic carbocycles. The number of carbonyl (C=O) groups is 1. The van der Waals surface area contributed by atoms with Crippen molar-refractivity contribution in [2.24, 2.45) is 0 Å². The summed E-state index contributed by atoms with van der Waals surface area (Å²) in [4.78, 5) is 15.5. The van der Waals surface area contributed by atoms with Gasteiger partial charge in [-0.15, -0.1) is 0 Å². The molecule has 0 radical (unpaired) electrons. The summed E-state index contributed by atoms with van der Waals surface area (Å²) in [6.07, 6.45) is 4.27. The first kappa shape index (κ1) is 13.8. The van der Waals surface area contributed by atoms with Crippen LogP contribution >= 0.6 is 0 Å². The first-order valence-electron chi connectivity index (χ1n) is 7.33. The molecule has 1 aliphatic heterocycles. The number of imidazole rings is 1. The zero-order valence-corrected chi connectivity index (χ0v) is 12.2. The summed E-state index contributed by atoms with van der Waals surface area (Å²) in [7, 11) is 0. The van der Waals surface area contributed by atoms with Crippen LogP contribution < -0.4 is 10.6 Å². The van der Waals surface area contributed by atoms with Crippen LogP contribution in [0.5, 0.6) is 0 Å². The highest BCUT2D eigenvalue weighted by Gasteiger charge is 2.14. The molecule has 3 rings (SSSR count). The summed E-state index contributed by atoms with van der Waals surface area (Å²) in [6, 6.07) is 7.90. The summed E-state index contributed by atoms with van der Waals surface area (Å²) in [5.74, 6) is 1.16. The lowest BCUT2D eigenvalue weighted by atomic mass is 10.2. The summed E-state index contributed by atoms with van der Waals surface area (Å²) < 4.78 is 2.31. The molecule has 1 aromatic carbocycles. The number of rotatable bonds is 5. The number of amides is 1. The van der Waals surface area contributed by atoms with E-state index in [-0.39, 0.29) is 5.91 Å². The molecule has 0 fully saturated rings. The lowest BCUT2D eigenvalue weighted by molar-refractivity contribution is -0.114. The average Bonchev–Trinajstić information content (AvgIpc) is 3.03. The molecule has 2 N–H and O–H groups in total. The molecule has 0 bridgehead atoms. The standard InChI is InChI=1S/C16H20N4O/c1-12(21)19-14-5-2-4-13(8-14)9-17-10-15-11-18-16-6-3-7-20(15)16/h2,4-5,8,11,17H,3,6-7,9-10H2,1H3,(H,19,21). The third kappa shape index (κ3) is 3.31. The second-order valence-corrected chi connectivity index (χ2v) is 5.41. The van der Waals surface area contributed by atoms with Crippen LogP contribution in [0.3, 0.4) is 0 Å². The smallest absolute Gasteiger partial charge is 0.221 e. The van der Waals surface area contributed by atoms with Crippen LogP contribution in [0.15, 0.2) is 30.5 Å². The Labute approximate surface area is 124 Å². The van der Waals surface area contributed by atoms with Gasteiger partial charge in [0.05, 0.1) is 5.69 Å². The molecular formula is C16H20N4O. The third-order valence-corrected chi connectivity index (χ3v) is 3.69. The van der Waals surface area contributed by atoms with Gasteiger partial charge in [0, 0.05) is 44.9 Å². The summed E-state index contributed by atoms with van der Waals surface area (Å²) in [5, 5.41) is 6.24. The van der Waals surface area contributed by atoms with Gasteiger partial charge in [-0.25, -0.2) is 4.98 Å². The van der Waals surface area contributed by atoms with Crippen molar-refractivity contribution in [3.63, 3.8) is 0 Å². The number of hydrogen-bond donors (Lipinski definition) is 2. The van der Waals surface area contributed by atoms with E-state index in [2.05, 4.69) is 26.3 Å². The van der Waals surface area contributed by atoms with Gasteiger partial charge in [-0.1, -0.05) is 12.1 Å². The molecule has 0 saturated heterocycles. The van der Waals surface area contributed by atoms with Crippen molar-refractivity contribution < 1.29 is 4.79 Å². The number of nitrogens with one attached hydrogen (secondary N) is 2. The van der Waals surface area contributed by atoms with E-state index >= 15 is 0 Å². The van der Waals surface area contributed by atoms with Gasteiger partial charge in [0.1, 0.15) is 5.82 Å². The number of nitrogens with zero attached hydrogens (tertiary/aromatic N) is 2. The van der Waals surface area contributed by atoms with E-state index < -0.39 is 0 Å². The predicted molar refractivity (Wildman–Crippen MR) is 81.8 cm³/mol. The van der Waals surface area contributed by atoms with Crippen LogP contribution in [0.4, 0.5) is 5.69 Å². The topological polar surface area (TPSA) is 59.0 Å². The second-order valence-electron chi connectivity index (χ2n) is 5.41. The van der Waals surface area contributed by atoms with Crippen molar-refractivity contribution >= 4 is 11.6 Å². The van der Waals surface area contributed by atoms with Gasteiger partial charge in [0.2, 0.25) is 5.91 Å². The van der Waals surface area contributed by atoms with Gasteiger partial charge in [-0.3, -0.25) is 4.79 Å². The van der Waals surface area contributed by atoms with E-state index in [9.17, 15) is 4.79 Å². The van der Waals surface area contributed by atoms with Crippen molar-refractivity contribution in [2.45, 2.75) is 39.4 Å². The third-order valence-electron chi connectivity index (χ3n) is 3.69. The van der Waals surface area contributed by atoms with Gasteiger partial charge in [-0.05, 0) is 24.1 Å². The minimum atomic E-state index is -0.0464. The fourth-order valence-electron chi connectivity index (χ4n) is 2.76. The number of aromatic nitrogens is 2. The number of carbonyl (C=O) groups excluding carboxylic acids is 1. The Morgan fingerprint density at radius 3 is 3.14 bits per heavy atom. The highest BCUT2D eigenvalue weighted by Crippen LogP contribution is 2.16. The fraction of sp³-hybridized carbons (Fsp3) is 0.375. The van der Waals surface area contributed by atoms with E-state index in [1.165, 1.54) is 24.9 Å². The molecule has 0 spiro atoms. The van der Waals surface area contributed by atoms with Crippen molar-refractivity contribution in [3.8, 4) is 0 Å². The number of anilines is 1. The van der Waals surface area contributed by atoms with Gasteiger partial charge in [-0.2, -0.15) is 0 Å². The summed E-state index contributed by atoms with van der Waals surface area (Å²) in [6.45, 7) is 4.20. The maximum atomic E-state index is 11.1. The molecule has 21 heavy (non-hydrogen) atoms. The summed E-state index contributed by atoms with van der Waals surface area (Å²) >= 11 is 0. The van der Waals surface area contributed by atoms with Gasteiger partial charge in [0.25, 0.3) is 0 Å². The zero-order chi connectivity index (χ0) is 14.7. The molecular weight excluding hydrogens is 264 g/mol. The quantitative estimate of drug-likeness (QED) is 0.883. The maximum Gasteiger partial charge on any atom is 0.221 e. The van der Waals surface area contributed by atoms with E-state index in [4.69, 9.17) is 0 Å². The Kier molecular flexibility index (Phi) is 4.01. The number of fused-ring (bicyclic) bond motifs is 1. The lowest BCUT2D eigenvalue weighted by Gasteiger charge is -2.08. The van der Waals surface area contributed by atoms with Crippen LogP contribution in [0.2, 0.25) is 0 Å². The molecule has 1 amide bonds. The Morgan fingerprint density at radius 2 is 2.29 bits per heavy atom. The zero-order valence-electron chi connectivity index (χ0n) is 12.2. The highest BCUT2D eigenvalue weighted by atomic mass is 16.1. The minimum Gasteiger partial charge on any atom is -0.331 e. The first-order valence-corrected chi connectivity index (χ1v) is 7.33. The second kappa shape index (κ2) is 6.10. The molecule has 110 valence electrons. The van der Waals surface area contributed by atoms with Crippen LogP contribution in [0.1, 0.15) is 30.4 Å². The van der Waals surface area contributed by atoms with E-state index in [0.29, 0.717) is 0 Å². The predicted octanol–water partition coefficient (Wildman–Crippen LogP) is 2.08. The van der Waals surface area contributed by atoms with Crippen LogP contribution in [-0.2, 0) is 30.8 Å². The highest BCUT2D eigenvalue weighted by molar-refractivity contribution is 5.88.